The van der Waals surface area contributed by atoms with E-state index in [1.807, 2.05) is 44.2 Å². The zero-order chi connectivity index (χ0) is 13.7. The Morgan fingerprint density at radius 1 is 1.26 bits per heavy atom. The average Bonchev–Trinajstić information content (AvgIpc) is 2.37. The fraction of sp³-hybridized carbons (Fsp3) is 0.533. The number of anilines is 1. The molecule has 0 atom stereocenters. The summed E-state index contributed by atoms with van der Waals surface area (Å²) < 4.78 is 10.7. The molecule has 1 saturated carbocycles. The van der Waals surface area contributed by atoms with E-state index in [0.717, 1.165) is 5.69 Å². The van der Waals surface area contributed by atoms with E-state index >= 15 is 0 Å². The van der Waals surface area contributed by atoms with Crippen molar-refractivity contribution >= 4 is 11.7 Å². The van der Waals surface area contributed by atoms with Crippen molar-refractivity contribution in [3.8, 4) is 0 Å². The van der Waals surface area contributed by atoms with Gasteiger partial charge in [-0.15, -0.1) is 0 Å². The maximum absolute atomic E-state index is 12.2. The number of hydrogen-bond acceptors (Lipinski definition) is 4. The van der Waals surface area contributed by atoms with E-state index in [4.69, 9.17) is 9.47 Å². The zero-order valence-electron chi connectivity index (χ0n) is 11.5. The molecule has 0 heterocycles. The SMILES string of the molecule is CCOC(=O)C1(Nc2ccccc2)CC(OCC)C1. The van der Waals surface area contributed by atoms with Crippen molar-refractivity contribution in [1.82, 2.24) is 0 Å². The highest BCUT2D eigenvalue weighted by Crippen LogP contribution is 2.38. The monoisotopic (exact) mass is 263 g/mol. The van der Waals surface area contributed by atoms with E-state index in [9.17, 15) is 4.79 Å². The third-order valence-electron chi connectivity index (χ3n) is 3.38. The summed E-state index contributed by atoms with van der Waals surface area (Å²) in [5, 5.41) is 3.31. The van der Waals surface area contributed by atoms with Gasteiger partial charge in [0, 0.05) is 25.1 Å². The fourth-order valence-electron chi connectivity index (χ4n) is 2.46. The van der Waals surface area contributed by atoms with Crippen molar-refractivity contribution < 1.29 is 14.3 Å². The molecule has 4 nitrogen and oxygen atoms in total. The van der Waals surface area contributed by atoms with Gasteiger partial charge in [0.25, 0.3) is 0 Å². The maximum Gasteiger partial charge on any atom is 0.331 e. The molecule has 1 N–H and O–H groups in total. The lowest BCUT2D eigenvalue weighted by Crippen LogP contribution is -2.60. The molecule has 2 rings (SSSR count). The first-order valence-corrected chi connectivity index (χ1v) is 6.82. The first-order chi connectivity index (χ1) is 9.20. The Kier molecular flexibility index (Phi) is 4.43. The van der Waals surface area contributed by atoms with Crippen molar-refractivity contribution in [3.63, 3.8) is 0 Å². The Balaban J connectivity index is 2.06. The Bertz CT molecular complexity index is 413. The lowest BCUT2D eigenvalue weighted by atomic mass is 9.74. The molecule has 0 radical (unpaired) electrons. The van der Waals surface area contributed by atoms with Gasteiger partial charge in [-0.05, 0) is 26.0 Å². The minimum absolute atomic E-state index is 0.144. The number of para-hydroxylation sites is 1. The van der Waals surface area contributed by atoms with Gasteiger partial charge in [0.05, 0.1) is 12.7 Å². The number of carbonyl (C=O) groups excluding carboxylic acids is 1. The predicted octanol–water partition coefficient (Wildman–Crippen LogP) is 2.60. The van der Waals surface area contributed by atoms with Crippen LogP contribution in [0.1, 0.15) is 26.7 Å². The lowest BCUT2D eigenvalue weighted by Gasteiger charge is -2.45. The minimum atomic E-state index is -0.628. The summed E-state index contributed by atoms with van der Waals surface area (Å²) >= 11 is 0. The first-order valence-electron chi connectivity index (χ1n) is 6.82. The molecule has 0 bridgehead atoms. The van der Waals surface area contributed by atoms with Crippen LogP contribution in [0.4, 0.5) is 5.69 Å². The van der Waals surface area contributed by atoms with E-state index in [2.05, 4.69) is 5.32 Å². The van der Waals surface area contributed by atoms with E-state index in [1.165, 1.54) is 0 Å². The number of nitrogens with one attached hydrogen (secondary N) is 1. The molecule has 1 aliphatic rings. The Morgan fingerprint density at radius 3 is 2.53 bits per heavy atom. The second-order valence-corrected chi connectivity index (χ2v) is 4.78. The number of ether oxygens (including phenoxy) is 2. The van der Waals surface area contributed by atoms with Crippen molar-refractivity contribution in [2.24, 2.45) is 0 Å². The van der Waals surface area contributed by atoms with E-state index in [1.54, 1.807) is 0 Å². The van der Waals surface area contributed by atoms with E-state index in [0.29, 0.717) is 26.1 Å². The van der Waals surface area contributed by atoms with Crippen LogP contribution in [0.2, 0.25) is 0 Å². The fourth-order valence-corrected chi connectivity index (χ4v) is 2.46. The Labute approximate surface area is 114 Å². The largest absolute Gasteiger partial charge is 0.464 e. The van der Waals surface area contributed by atoms with Gasteiger partial charge >= 0.3 is 5.97 Å². The van der Waals surface area contributed by atoms with E-state index in [-0.39, 0.29) is 12.1 Å². The van der Waals surface area contributed by atoms with Gasteiger partial charge in [0.1, 0.15) is 5.54 Å². The average molecular weight is 263 g/mol. The second kappa shape index (κ2) is 6.06. The first kappa shape index (κ1) is 13.9. The summed E-state index contributed by atoms with van der Waals surface area (Å²) in [6.07, 6.45) is 1.47. The molecule has 0 saturated heterocycles. The van der Waals surface area contributed by atoms with Gasteiger partial charge in [-0.1, -0.05) is 18.2 Å². The maximum atomic E-state index is 12.2. The van der Waals surface area contributed by atoms with Crippen LogP contribution in [0.15, 0.2) is 30.3 Å². The standard InChI is InChI=1S/C15H21NO3/c1-3-18-13-10-15(11-13,14(17)19-4-2)16-12-8-6-5-7-9-12/h5-9,13,16H,3-4,10-11H2,1-2H3. The topological polar surface area (TPSA) is 47.6 Å². The van der Waals surface area contributed by atoms with E-state index < -0.39 is 5.54 Å². The summed E-state index contributed by atoms with van der Waals surface area (Å²) in [4.78, 5) is 12.2. The molecule has 0 amide bonds. The molecule has 0 aliphatic heterocycles. The quantitative estimate of drug-likeness (QED) is 0.801. The second-order valence-electron chi connectivity index (χ2n) is 4.78. The molecule has 1 aromatic carbocycles. The van der Waals surface area contributed by atoms with Gasteiger partial charge in [-0.3, -0.25) is 0 Å². The van der Waals surface area contributed by atoms with Crippen molar-refractivity contribution in [3.05, 3.63) is 30.3 Å². The van der Waals surface area contributed by atoms with Crippen molar-refractivity contribution in [1.29, 1.82) is 0 Å². The highest BCUT2D eigenvalue weighted by molar-refractivity contribution is 5.86. The van der Waals surface area contributed by atoms with Crippen molar-refractivity contribution in [2.75, 3.05) is 18.5 Å². The van der Waals surface area contributed by atoms with Gasteiger partial charge in [0.2, 0.25) is 0 Å². The molecule has 4 heteroatoms. The van der Waals surface area contributed by atoms with Crippen LogP contribution < -0.4 is 5.32 Å². The van der Waals surface area contributed by atoms with Gasteiger partial charge < -0.3 is 14.8 Å². The number of hydrogen-bond donors (Lipinski definition) is 1. The highest BCUT2D eigenvalue weighted by atomic mass is 16.5. The highest BCUT2D eigenvalue weighted by Gasteiger charge is 2.52. The molecule has 0 unspecified atom stereocenters. The van der Waals surface area contributed by atoms with Crippen LogP contribution >= 0.6 is 0 Å². The number of esters is 1. The zero-order valence-corrected chi connectivity index (χ0v) is 11.5. The van der Waals surface area contributed by atoms with Crippen LogP contribution in [0.3, 0.4) is 0 Å². The number of rotatable bonds is 6. The summed E-state index contributed by atoms with van der Waals surface area (Å²) in [6.45, 7) is 4.87. The molecule has 19 heavy (non-hydrogen) atoms. The lowest BCUT2D eigenvalue weighted by molar-refractivity contribution is -0.158. The van der Waals surface area contributed by atoms with Crippen LogP contribution in [-0.4, -0.2) is 30.8 Å². The van der Waals surface area contributed by atoms with Crippen LogP contribution in [0, 0.1) is 0 Å². The van der Waals surface area contributed by atoms with Crippen LogP contribution in [0.25, 0.3) is 0 Å². The predicted molar refractivity (Wildman–Crippen MR) is 74.1 cm³/mol. The third-order valence-corrected chi connectivity index (χ3v) is 3.38. The third kappa shape index (κ3) is 3.07. The molecule has 1 aromatic rings. The number of carbonyl (C=O) groups is 1. The summed E-state index contributed by atoms with van der Waals surface area (Å²) in [6, 6.07) is 9.75. The molecule has 1 aliphatic carbocycles. The van der Waals surface area contributed by atoms with Gasteiger partial charge in [-0.25, -0.2) is 4.79 Å². The summed E-state index contributed by atoms with van der Waals surface area (Å²) in [5.74, 6) is -0.185. The number of benzene rings is 1. The molecule has 0 spiro atoms. The Hall–Kier alpha value is -1.55. The normalized spacial score (nSPS) is 25.5. The molecule has 1 fully saturated rings. The minimum Gasteiger partial charge on any atom is -0.464 e. The summed E-state index contributed by atoms with van der Waals surface area (Å²) in [5.41, 5.74) is 0.308. The van der Waals surface area contributed by atoms with Gasteiger partial charge in [0.15, 0.2) is 0 Å². The molecular weight excluding hydrogens is 242 g/mol. The van der Waals surface area contributed by atoms with Gasteiger partial charge in [-0.2, -0.15) is 0 Å². The molecular formula is C15H21NO3. The van der Waals surface area contributed by atoms with Crippen molar-refractivity contribution in [2.45, 2.75) is 38.3 Å². The molecule has 104 valence electrons. The smallest absolute Gasteiger partial charge is 0.331 e. The van der Waals surface area contributed by atoms with Crippen LogP contribution in [-0.2, 0) is 14.3 Å². The van der Waals surface area contributed by atoms with Crippen LogP contribution in [0.5, 0.6) is 0 Å². The molecule has 0 aromatic heterocycles. The Morgan fingerprint density at radius 2 is 1.95 bits per heavy atom. The summed E-state index contributed by atoms with van der Waals surface area (Å²) in [7, 11) is 0.